The molecule has 1 saturated carbocycles. The summed E-state index contributed by atoms with van der Waals surface area (Å²) in [5.74, 6) is 1.71. The topological polar surface area (TPSA) is 26.3 Å². The van der Waals surface area contributed by atoms with Crippen LogP contribution in [0, 0.1) is 0 Å². The number of rotatable bonds is 6. The van der Waals surface area contributed by atoms with Crippen LogP contribution >= 0.6 is 27.7 Å². The van der Waals surface area contributed by atoms with Gasteiger partial charge in [-0.3, -0.25) is 4.79 Å². The maximum atomic E-state index is 12.1. The van der Waals surface area contributed by atoms with Gasteiger partial charge >= 0.3 is 0 Å². The highest BCUT2D eigenvalue weighted by Crippen LogP contribution is 2.29. The summed E-state index contributed by atoms with van der Waals surface area (Å²) >= 11 is 5.29. The van der Waals surface area contributed by atoms with Gasteiger partial charge in [0.1, 0.15) is 11.5 Å². The Labute approximate surface area is 133 Å². The number of hydrogen-bond acceptors (Lipinski definition) is 3. The van der Waals surface area contributed by atoms with Crippen molar-refractivity contribution >= 4 is 33.5 Å². The van der Waals surface area contributed by atoms with Crippen molar-refractivity contribution in [1.82, 2.24) is 0 Å². The number of carbonyl (C=O) groups excluding carboxylic acids is 1. The minimum Gasteiger partial charge on any atom is -0.496 e. The lowest BCUT2D eigenvalue weighted by atomic mass is 10.0. The third-order valence-corrected chi connectivity index (χ3v) is 5.59. The lowest BCUT2D eigenvalue weighted by molar-refractivity contribution is -0.116. The Hall–Kier alpha value is -0.480. The van der Waals surface area contributed by atoms with Crippen molar-refractivity contribution in [3.05, 3.63) is 28.2 Å². The van der Waals surface area contributed by atoms with Gasteiger partial charge < -0.3 is 4.74 Å². The number of halogens is 1. The van der Waals surface area contributed by atoms with Crippen LogP contribution in [0.4, 0.5) is 0 Å². The van der Waals surface area contributed by atoms with Crippen molar-refractivity contribution in [1.29, 1.82) is 0 Å². The van der Waals surface area contributed by atoms with Crippen LogP contribution in [0.5, 0.6) is 5.75 Å². The molecule has 1 aliphatic carbocycles. The first-order valence-electron chi connectivity index (χ1n) is 7.15. The monoisotopic (exact) mass is 356 g/mol. The molecule has 0 amide bonds. The molecule has 0 saturated heterocycles. The first-order chi connectivity index (χ1) is 9.69. The van der Waals surface area contributed by atoms with Crippen molar-refractivity contribution in [2.75, 3.05) is 12.9 Å². The summed E-state index contributed by atoms with van der Waals surface area (Å²) in [5, 5.41) is 0.692. The molecule has 0 bridgehead atoms. The predicted octanol–water partition coefficient (Wildman–Crippen LogP) is 4.64. The van der Waals surface area contributed by atoms with Crippen LogP contribution < -0.4 is 4.74 Å². The second-order valence-electron chi connectivity index (χ2n) is 5.24. The molecule has 0 unspecified atom stereocenters. The Morgan fingerprint density at radius 1 is 1.35 bits per heavy atom. The molecule has 2 nitrogen and oxygen atoms in total. The van der Waals surface area contributed by atoms with Crippen LogP contribution in [0.2, 0.25) is 0 Å². The zero-order chi connectivity index (χ0) is 14.4. The van der Waals surface area contributed by atoms with Crippen LogP contribution in [0.3, 0.4) is 0 Å². The van der Waals surface area contributed by atoms with Crippen molar-refractivity contribution < 1.29 is 9.53 Å². The number of carbonyl (C=O) groups is 1. The van der Waals surface area contributed by atoms with Gasteiger partial charge in [-0.25, -0.2) is 0 Å². The normalized spacial score (nSPS) is 16.1. The predicted molar refractivity (Wildman–Crippen MR) is 88.7 cm³/mol. The fraction of sp³-hybridized carbons (Fsp3) is 0.562. The van der Waals surface area contributed by atoms with Crippen LogP contribution in [0.1, 0.15) is 37.7 Å². The SMILES string of the molecule is COc1ccc(Br)cc1CC(=O)CSC1CCCCC1. The van der Waals surface area contributed by atoms with Gasteiger partial charge in [-0.1, -0.05) is 35.2 Å². The third-order valence-electron chi connectivity index (χ3n) is 3.66. The molecule has 0 aromatic heterocycles. The van der Waals surface area contributed by atoms with E-state index < -0.39 is 0 Å². The number of thioether (sulfide) groups is 1. The maximum Gasteiger partial charge on any atom is 0.147 e. The maximum absolute atomic E-state index is 12.1. The number of benzene rings is 1. The minimum atomic E-state index is 0.289. The lowest BCUT2D eigenvalue weighted by Crippen LogP contribution is -2.13. The number of ether oxygens (including phenoxy) is 1. The highest BCUT2D eigenvalue weighted by molar-refractivity contribution is 9.10. The Kier molecular flexibility index (Phi) is 6.43. The summed E-state index contributed by atoms with van der Waals surface area (Å²) in [4.78, 5) is 12.1. The molecule has 0 atom stereocenters. The molecular weight excluding hydrogens is 336 g/mol. The van der Waals surface area contributed by atoms with E-state index in [9.17, 15) is 4.79 Å². The number of Topliss-reactive ketones (excluding diaryl/α,β-unsaturated/α-hetero) is 1. The molecule has 1 aromatic carbocycles. The summed E-state index contributed by atoms with van der Waals surface area (Å²) in [6.45, 7) is 0. The fourth-order valence-corrected chi connectivity index (χ4v) is 4.19. The summed E-state index contributed by atoms with van der Waals surface area (Å²) in [6, 6.07) is 5.81. The van der Waals surface area contributed by atoms with Gasteiger partial charge in [0.2, 0.25) is 0 Å². The van der Waals surface area contributed by atoms with E-state index >= 15 is 0 Å². The Balaban J connectivity index is 1.86. The molecule has 1 aromatic rings. The van der Waals surface area contributed by atoms with Crippen LogP contribution in [0.25, 0.3) is 0 Å². The number of ketones is 1. The minimum absolute atomic E-state index is 0.289. The largest absolute Gasteiger partial charge is 0.496 e. The Morgan fingerprint density at radius 3 is 2.80 bits per heavy atom. The van der Waals surface area contributed by atoms with E-state index in [4.69, 9.17) is 4.74 Å². The third kappa shape index (κ3) is 4.81. The fourth-order valence-electron chi connectivity index (χ4n) is 2.59. The van der Waals surface area contributed by atoms with Crippen molar-refractivity contribution in [3.63, 3.8) is 0 Å². The molecular formula is C16H21BrO2S. The summed E-state index contributed by atoms with van der Waals surface area (Å²) in [6.07, 6.45) is 7.02. The van der Waals surface area contributed by atoms with Crippen molar-refractivity contribution in [2.24, 2.45) is 0 Å². The van der Waals surface area contributed by atoms with Crippen molar-refractivity contribution in [2.45, 2.75) is 43.8 Å². The number of methoxy groups -OCH3 is 1. The van der Waals surface area contributed by atoms with Crippen LogP contribution in [0.15, 0.2) is 22.7 Å². The molecule has 0 spiro atoms. The van der Waals surface area contributed by atoms with Crippen molar-refractivity contribution in [3.8, 4) is 5.75 Å². The van der Waals surface area contributed by atoms with E-state index in [-0.39, 0.29) is 5.78 Å². The smallest absolute Gasteiger partial charge is 0.147 e. The molecule has 20 heavy (non-hydrogen) atoms. The molecule has 110 valence electrons. The van der Waals surface area contributed by atoms with Gasteiger partial charge in [0, 0.05) is 21.7 Å². The van der Waals surface area contributed by atoms with E-state index in [0.717, 1.165) is 15.8 Å². The zero-order valence-corrected chi connectivity index (χ0v) is 14.3. The van der Waals surface area contributed by atoms with Gasteiger partial charge in [-0.15, -0.1) is 0 Å². The van der Waals surface area contributed by atoms with Gasteiger partial charge in [0.05, 0.1) is 12.9 Å². The summed E-state index contributed by atoms with van der Waals surface area (Å²) < 4.78 is 6.30. The Morgan fingerprint density at radius 2 is 2.10 bits per heavy atom. The highest BCUT2D eigenvalue weighted by atomic mass is 79.9. The second kappa shape index (κ2) is 8.08. The Bertz CT molecular complexity index is 456. The molecule has 1 fully saturated rings. The summed E-state index contributed by atoms with van der Waals surface area (Å²) in [7, 11) is 1.65. The van der Waals surface area contributed by atoms with E-state index in [1.54, 1.807) is 7.11 Å². The zero-order valence-electron chi connectivity index (χ0n) is 11.9. The van der Waals surface area contributed by atoms with E-state index in [1.807, 2.05) is 30.0 Å². The van der Waals surface area contributed by atoms with E-state index in [2.05, 4.69) is 15.9 Å². The van der Waals surface area contributed by atoms with Crippen LogP contribution in [-0.2, 0) is 11.2 Å². The first kappa shape index (κ1) is 15.9. The van der Waals surface area contributed by atoms with Gasteiger partial charge in [0.15, 0.2) is 0 Å². The molecule has 0 aliphatic heterocycles. The molecule has 4 heteroatoms. The molecule has 0 N–H and O–H groups in total. The standard InChI is InChI=1S/C16H21BrO2S/c1-19-16-8-7-13(17)9-12(16)10-14(18)11-20-15-5-3-2-4-6-15/h7-9,15H,2-6,10-11H2,1H3. The average Bonchev–Trinajstić information content (AvgIpc) is 2.46. The lowest BCUT2D eigenvalue weighted by Gasteiger charge is -2.20. The first-order valence-corrected chi connectivity index (χ1v) is 8.99. The van der Waals surface area contributed by atoms with Gasteiger partial charge in [-0.2, -0.15) is 11.8 Å². The van der Waals surface area contributed by atoms with E-state index in [1.165, 1.54) is 32.1 Å². The molecule has 0 radical (unpaired) electrons. The van der Waals surface area contributed by atoms with Crippen LogP contribution in [-0.4, -0.2) is 23.9 Å². The average molecular weight is 357 g/mol. The van der Waals surface area contributed by atoms with Gasteiger partial charge in [0.25, 0.3) is 0 Å². The van der Waals surface area contributed by atoms with Gasteiger partial charge in [-0.05, 0) is 31.0 Å². The second-order valence-corrected chi connectivity index (χ2v) is 7.45. The number of hydrogen-bond donors (Lipinski definition) is 0. The highest BCUT2D eigenvalue weighted by Gasteiger charge is 2.16. The van der Waals surface area contributed by atoms with E-state index in [0.29, 0.717) is 17.4 Å². The molecule has 0 heterocycles. The molecule has 2 rings (SSSR count). The summed E-state index contributed by atoms with van der Waals surface area (Å²) in [5.41, 5.74) is 0.969. The quantitative estimate of drug-likeness (QED) is 0.742. The molecule has 1 aliphatic rings.